The summed E-state index contributed by atoms with van der Waals surface area (Å²) in [4.78, 5) is 7.36. The van der Waals surface area contributed by atoms with Gasteiger partial charge in [0.25, 0.3) is 0 Å². The molecule has 0 unspecified atom stereocenters. The van der Waals surface area contributed by atoms with E-state index in [1.165, 1.54) is 5.56 Å². The molecule has 0 aliphatic carbocycles. The second kappa shape index (κ2) is 15.9. The lowest BCUT2D eigenvalue weighted by molar-refractivity contribution is 0.172. The number of nitrogens with zero attached hydrogens (tertiary/aromatic N) is 2. The van der Waals surface area contributed by atoms with Crippen LogP contribution in [0, 0.1) is 0 Å². The summed E-state index contributed by atoms with van der Waals surface area (Å²) in [5, 5.41) is 7.04. The molecule has 1 heterocycles. The molecule has 2 N–H and O–H groups in total. The summed E-state index contributed by atoms with van der Waals surface area (Å²) < 4.78 is 10.9. The van der Waals surface area contributed by atoms with Crippen molar-refractivity contribution in [2.24, 2.45) is 4.99 Å². The lowest BCUT2D eigenvalue weighted by atomic mass is 10.0. The lowest BCUT2D eigenvalue weighted by Gasteiger charge is -2.33. The van der Waals surface area contributed by atoms with Crippen LogP contribution in [0.4, 0.5) is 0 Å². The van der Waals surface area contributed by atoms with Crippen molar-refractivity contribution < 1.29 is 9.47 Å². The molecule has 1 aliphatic heterocycles. The molecule has 0 amide bonds. The van der Waals surface area contributed by atoms with Crippen LogP contribution in [0.15, 0.2) is 59.6 Å². The van der Waals surface area contributed by atoms with Crippen molar-refractivity contribution in [2.45, 2.75) is 45.3 Å². The molecular formula is C26H39IN4O2. The van der Waals surface area contributed by atoms with Gasteiger partial charge in [-0.2, -0.15) is 0 Å². The van der Waals surface area contributed by atoms with Crippen molar-refractivity contribution in [1.82, 2.24) is 15.5 Å². The molecular weight excluding hydrogens is 527 g/mol. The van der Waals surface area contributed by atoms with Crippen LogP contribution in [0.2, 0.25) is 0 Å². The van der Waals surface area contributed by atoms with Crippen LogP contribution in [0.5, 0.6) is 5.75 Å². The quantitative estimate of drug-likeness (QED) is 0.182. The number of piperidine rings is 1. The van der Waals surface area contributed by atoms with E-state index in [-0.39, 0.29) is 24.0 Å². The number of hydrogen-bond donors (Lipinski definition) is 2. The number of benzene rings is 2. The number of guanidine groups is 1. The summed E-state index contributed by atoms with van der Waals surface area (Å²) in [5.74, 6) is 1.78. The van der Waals surface area contributed by atoms with Crippen molar-refractivity contribution in [3.05, 3.63) is 65.7 Å². The summed E-state index contributed by atoms with van der Waals surface area (Å²) in [6, 6.07) is 19.4. The maximum atomic E-state index is 5.81. The van der Waals surface area contributed by atoms with Crippen molar-refractivity contribution in [3.63, 3.8) is 0 Å². The minimum atomic E-state index is 0. The van der Waals surface area contributed by atoms with E-state index >= 15 is 0 Å². The van der Waals surface area contributed by atoms with Gasteiger partial charge in [0, 0.05) is 52.4 Å². The van der Waals surface area contributed by atoms with E-state index in [1.54, 1.807) is 7.11 Å². The highest BCUT2D eigenvalue weighted by Crippen LogP contribution is 2.16. The average molecular weight is 567 g/mol. The molecule has 0 radical (unpaired) electrons. The Morgan fingerprint density at radius 3 is 2.52 bits per heavy atom. The first kappa shape index (κ1) is 27.4. The summed E-state index contributed by atoms with van der Waals surface area (Å²) in [7, 11) is 1.71. The van der Waals surface area contributed by atoms with Gasteiger partial charge < -0.3 is 20.1 Å². The molecule has 182 valence electrons. The highest BCUT2D eigenvalue weighted by molar-refractivity contribution is 14.0. The second-order valence-corrected chi connectivity index (χ2v) is 8.22. The first-order valence-electron chi connectivity index (χ1n) is 11.8. The highest BCUT2D eigenvalue weighted by Gasteiger charge is 2.20. The first-order valence-corrected chi connectivity index (χ1v) is 11.8. The molecule has 0 atom stereocenters. The predicted molar refractivity (Wildman–Crippen MR) is 147 cm³/mol. The number of likely N-dealkylation sites (tertiary alicyclic amines) is 1. The number of methoxy groups -OCH3 is 1. The zero-order valence-electron chi connectivity index (χ0n) is 20.0. The third-order valence-electron chi connectivity index (χ3n) is 5.60. The normalized spacial score (nSPS) is 15.0. The zero-order valence-corrected chi connectivity index (χ0v) is 22.3. The monoisotopic (exact) mass is 566 g/mol. The minimum absolute atomic E-state index is 0. The molecule has 2 aromatic rings. The molecule has 1 fully saturated rings. The van der Waals surface area contributed by atoms with Gasteiger partial charge >= 0.3 is 0 Å². The molecule has 3 rings (SSSR count). The van der Waals surface area contributed by atoms with E-state index in [0.29, 0.717) is 25.8 Å². The number of aliphatic imine (C=N–C) groups is 1. The van der Waals surface area contributed by atoms with Crippen LogP contribution in [0.25, 0.3) is 0 Å². The maximum absolute atomic E-state index is 5.81. The molecule has 33 heavy (non-hydrogen) atoms. The number of rotatable bonds is 11. The minimum Gasteiger partial charge on any atom is -0.493 e. The van der Waals surface area contributed by atoms with Gasteiger partial charge in [-0.15, -0.1) is 24.0 Å². The van der Waals surface area contributed by atoms with E-state index in [2.05, 4.69) is 64.9 Å². The van der Waals surface area contributed by atoms with E-state index in [4.69, 9.17) is 14.5 Å². The fraction of sp³-hybridized carbons (Fsp3) is 0.500. The van der Waals surface area contributed by atoms with Crippen molar-refractivity contribution in [1.29, 1.82) is 0 Å². The summed E-state index contributed by atoms with van der Waals surface area (Å²) >= 11 is 0. The van der Waals surface area contributed by atoms with Crippen LogP contribution in [-0.2, 0) is 17.8 Å². The second-order valence-electron chi connectivity index (χ2n) is 8.22. The Balaban J connectivity index is 0.00000385. The molecule has 1 saturated heterocycles. The van der Waals surface area contributed by atoms with E-state index in [0.717, 1.165) is 62.7 Å². The van der Waals surface area contributed by atoms with Crippen molar-refractivity contribution in [3.8, 4) is 5.75 Å². The Hall–Kier alpha value is -1.84. The number of hydrogen-bond acceptors (Lipinski definition) is 4. The molecule has 0 spiro atoms. The molecule has 1 aliphatic rings. The first-order chi connectivity index (χ1) is 15.8. The Morgan fingerprint density at radius 1 is 1.03 bits per heavy atom. The SMILES string of the molecule is CCNC(=NCc1cccc(OCCCOC)c1)NC1CCN(Cc2ccccc2)CC1.I. The van der Waals surface area contributed by atoms with Crippen molar-refractivity contribution in [2.75, 3.05) is 40.0 Å². The number of halogens is 1. The van der Waals surface area contributed by atoms with E-state index < -0.39 is 0 Å². The van der Waals surface area contributed by atoms with Crippen LogP contribution in [0.3, 0.4) is 0 Å². The van der Waals surface area contributed by atoms with E-state index in [1.807, 2.05) is 12.1 Å². The largest absolute Gasteiger partial charge is 0.493 e. The Morgan fingerprint density at radius 2 is 1.79 bits per heavy atom. The van der Waals surface area contributed by atoms with Gasteiger partial charge in [-0.3, -0.25) is 4.90 Å². The molecule has 6 nitrogen and oxygen atoms in total. The lowest BCUT2D eigenvalue weighted by Crippen LogP contribution is -2.48. The number of nitrogens with one attached hydrogen (secondary N) is 2. The Bertz CT molecular complexity index is 811. The van der Waals surface area contributed by atoms with Gasteiger partial charge in [0.1, 0.15) is 5.75 Å². The van der Waals surface area contributed by atoms with Gasteiger partial charge in [0.2, 0.25) is 0 Å². The third-order valence-corrected chi connectivity index (χ3v) is 5.60. The standard InChI is InChI=1S/C26H38N4O2.HI/c1-3-27-26(28-20-23-11-7-12-25(19-23)32-18-8-17-31-2)29-24-13-15-30(16-14-24)21-22-9-5-4-6-10-22;/h4-7,9-12,19,24H,3,8,13-18,20-21H2,1-2H3,(H2,27,28,29);1H. The summed E-state index contributed by atoms with van der Waals surface area (Å²) in [6.07, 6.45) is 3.14. The smallest absolute Gasteiger partial charge is 0.191 e. The van der Waals surface area contributed by atoms with Gasteiger partial charge in [0.05, 0.1) is 13.2 Å². The van der Waals surface area contributed by atoms with Crippen LogP contribution in [0.1, 0.15) is 37.3 Å². The molecule has 2 aromatic carbocycles. The van der Waals surface area contributed by atoms with Gasteiger partial charge in [-0.05, 0) is 43.0 Å². The molecule has 0 aromatic heterocycles. The molecule has 0 saturated carbocycles. The highest BCUT2D eigenvalue weighted by atomic mass is 127. The van der Waals surface area contributed by atoms with Crippen LogP contribution < -0.4 is 15.4 Å². The van der Waals surface area contributed by atoms with E-state index in [9.17, 15) is 0 Å². The third kappa shape index (κ3) is 10.3. The van der Waals surface area contributed by atoms with Gasteiger partial charge in [-0.1, -0.05) is 42.5 Å². The fourth-order valence-electron chi connectivity index (χ4n) is 3.89. The molecule has 7 heteroatoms. The summed E-state index contributed by atoms with van der Waals surface area (Å²) in [6.45, 7) is 8.20. The van der Waals surface area contributed by atoms with Gasteiger partial charge in [0.15, 0.2) is 5.96 Å². The average Bonchev–Trinajstić information content (AvgIpc) is 2.83. The predicted octanol–water partition coefficient (Wildman–Crippen LogP) is 4.44. The Labute approximate surface area is 216 Å². The zero-order chi connectivity index (χ0) is 22.4. The van der Waals surface area contributed by atoms with Gasteiger partial charge in [-0.25, -0.2) is 4.99 Å². The van der Waals surface area contributed by atoms with Crippen LogP contribution in [-0.4, -0.2) is 56.9 Å². The Kier molecular flexibility index (Phi) is 13.2. The topological polar surface area (TPSA) is 58.1 Å². The maximum Gasteiger partial charge on any atom is 0.191 e. The van der Waals surface area contributed by atoms with Crippen molar-refractivity contribution >= 4 is 29.9 Å². The molecule has 0 bridgehead atoms. The van der Waals surface area contributed by atoms with Crippen LogP contribution >= 0.6 is 24.0 Å². The summed E-state index contributed by atoms with van der Waals surface area (Å²) in [5.41, 5.74) is 2.53. The fourth-order valence-corrected chi connectivity index (χ4v) is 3.89. The number of ether oxygens (including phenoxy) is 2.